The molecule has 0 aliphatic heterocycles. The molecule has 0 heterocycles. The highest BCUT2D eigenvalue weighted by atomic mass is 19.1. The fourth-order valence-electron chi connectivity index (χ4n) is 2.64. The van der Waals surface area contributed by atoms with E-state index in [4.69, 9.17) is 5.73 Å². The number of rotatable bonds is 1. The topological polar surface area (TPSA) is 26.0 Å². The second kappa shape index (κ2) is 3.60. The minimum Gasteiger partial charge on any atom is -0.321 e. The van der Waals surface area contributed by atoms with Crippen LogP contribution in [0.4, 0.5) is 4.39 Å². The first kappa shape index (κ1) is 10.6. The van der Waals surface area contributed by atoms with E-state index >= 15 is 0 Å². The summed E-state index contributed by atoms with van der Waals surface area (Å²) in [5.74, 6) is -0.0978. The van der Waals surface area contributed by atoms with Gasteiger partial charge in [-0.2, -0.15) is 0 Å². The van der Waals surface area contributed by atoms with E-state index in [9.17, 15) is 4.39 Å². The standard InChI is InChI=1S/C13H18FN/c1-9-5-6-10(2)12(14)11(9)13(15)7-3-4-8-13/h5-6H,3-4,7-8,15H2,1-2H3. The highest BCUT2D eigenvalue weighted by Crippen LogP contribution is 2.39. The van der Waals surface area contributed by atoms with Crippen molar-refractivity contribution in [1.29, 1.82) is 0 Å². The lowest BCUT2D eigenvalue weighted by Gasteiger charge is -2.27. The Bertz CT molecular complexity index is 378. The van der Waals surface area contributed by atoms with Gasteiger partial charge in [0.2, 0.25) is 0 Å². The van der Waals surface area contributed by atoms with Crippen LogP contribution in [0.3, 0.4) is 0 Å². The van der Waals surface area contributed by atoms with Crippen LogP contribution >= 0.6 is 0 Å². The van der Waals surface area contributed by atoms with Gasteiger partial charge in [0.15, 0.2) is 0 Å². The van der Waals surface area contributed by atoms with Crippen LogP contribution in [0, 0.1) is 19.7 Å². The second-order valence-corrected chi connectivity index (χ2v) is 4.75. The molecule has 0 atom stereocenters. The van der Waals surface area contributed by atoms with E-state index in [0.717, 1.165) is 36.8 Å². The summed E-state index contributed by atoms with van der Waals surface area (Å²) in [5.41, 5.74) is 8.33. The van der Waals surface area contributed by atoms with E-state index < -0.39 is 5.54 Å². The molecule has 1 aromatic carbocycles. The summed E-state index contributed by atoms with van der Waals surface area (Å²) in [6.45, 7) is 3.75. The van der Waals surface area contributed by atoms with Crippen molar-refractivity contribution < 1.29 is 4.39 Å². The SMILES string of the molecule is Cc1ccc(C)c(C2(N)CCCC2)c1F. The van der Waals surface area contributed by atoms with Gasteiger partial charge in [0.05, 0.1) is 0 Å². The first-order valence-corrected chi connectivity index (χ1v) is 5.60. The maximum Gasteiger partial charge on any atom is 0.131 e. The average Bonchev–Trinajstić information content (AvgIpc) is 2.60. The Labute approximate surface area is 90.5 Å². The molecule has 0 aromatic heterocycles. The van der Waals surface area contributed by atoms with Crippen LogP contribution in [0.2, 0.25) is 0 Å². The Morgan fingerprint density at radius 1 is 1.13 bits per heavy atom. The Hall–Kier alpha value is -0.890. The van der Waals surface area contributed by atoms with Gasteiger partial charge in [-0.3, -0.25) is 0 Å². The minimum absolute atomic E-state index is 0.0978. The van der Waals surface area contributed by atoms with Gasteiger partial charge in [0.25, 0.3) is 0 Å². The third-order valence-electron chi connectivity index (χ3n) is 3.54. The van der Waals surface area contributed by atoms with E-state index in [1.165, 1.54) is 0 Å². The number of nitrogens with two attached hydrogens (primary N) is 1. The summed E-state index contributed by atoms with van der Waals surface area (Å²) in [5, 5.41) is 0. The van der Waals surface area contributed by atoms with Crippen molar-refractivity contribution in [2.24, 2.45) is 5.73 Å². The lowest BCUT2D eigenvalue weighted by molar-refractivity contribution is 0.428. The van der Waals surface area contributed by atoms with Crippen molar-refractivity contribution in [2.75, 3.05) is 0 Å². The normalized spacial score (nSPS) is 19.5. The van der Waals surface area contributed by atoms with Crippen molar-refractivity contribution >= 4 is 0 Å². The molecule has 1 aliphatic carbocycles. The summed E-state index contributed by atoms with van der Waals surface area (Å²) < 4.78 is 14.1. The predicted molar refractivity (Wildman–Crippen MR) is 60.2 cm³/mol. The Balaban J connectivity index is 2.55. The fourth-order valence-corrected chi connectivity index (χ4v) is 2.64. The molecule has 1 aromatic rings. The first-order valence-electron chi connectivity index (χ1n) is 5.60. The van der Waals surface area contributed by atoms with Gasteiger partial charge >= 0.3 is 0 Å². The zero-order valence-corrected chi connectivity index (χ0v) is 9.44. The van der Waals surface area contributed by atoms with Crippen LogP contribution in [0.1, 0.15) is 42.4 Å². The van der Waals surface area contributed by atoms with Gasteiger partial charge in [-0.1, -0.05) is 25.0 Å². The summed E-state index contributed by atoms with van der Waals surface area (Å²) in [4.78, 5) is 0. The third-order valence-corrected chi connectivity index (χ3v) is 3.54. The number of aryl methyl sites for hydroxylation is 2. The molecule has 0 bridgehead atoms. The molecule has 0 spiro atoms. The monoisotopic (exact) mass is 207 g/mol. The van der Waals surface area contributed by atoms with Crippen molar-refractivity contribution in [3.05, 3.63) is 34.6 Å². The maximum atomic E-state index is 14.1. The Morgan fingerprint density at radius 2 is 1.67 bits per heavy atom. The van der Waals surface area contributed by atoms with E-state index in [-0.39, 0.29) is 5.82 Å². The van der Waals surface area contributed by atoms with Crippen LogP contribution in [-0.2, 0) is 5.54 Å². The van der Waals surface area contributed by atoms with Crippen molar-refractivity contribution in [3.8, 4) is 0 Å². The maximum absolute atomic E-state index is 14.1. The van der Waals surface area contributed by atoms with Crippen LogP contribution in [-0.4, -0.2) is 0 Å². The molecule has 1 aliphatic rings. The molecule has 1 nitrogen and oxygen atoms in total. The minimum atomic E-state index is -0.416. The lowest BCUT2D eigenvalue weighted by atomic mass is 9.85. The van der Waals surface area contributed by atoms with E-state index in [1.807, 2.05) is 19.1 Å². The van der Waals surface area contributed by atoms with E-state index in [0.29, 0.717) is 5.56 Å². The molecule has 0 unspecified atom stereocenters. The van der Waals surface area contributed by atoms with Gasteiger partial charge in [0, 0.05) is 11.1 Å². The molecule has 1 saturated carbocycles. The molecular formula is C13H18FN. The zero-order chi connectivity index (χ0) is 11.1. The number of hydrogen-bond donors (Lipinski definition) is 1. The molecule has 0 saturated heterocycles. The molecular weight excluding hydrogens is 189 g/mol. The smallest absolute Gasteiger partial charge is 0.131 e. The zero-order valence-electron chi connectivity index (χ0n) is 9.44. The molecule has 0 amide bonds. The van der Waals surface area contributed by atoms with Gasteiger partial charge in [-0.15, -0.1) is 0 Å². The summed E-state index contributed by atoms with van der Waals surface area (Å²) in [6, 6.07) is 3.80. The predicted octanol–water partition coefficient (Wildman–Crippen LogP) is 3.17. The van der Waals surface area contributed by atoms with Crippen molar-refractivity contribution in [2.45, 2.75) is 45.1 Å². The average molecular weight is 207 g/mol. The second-order valence-electron chi connectivity index (χ2n) is 4.75. The lowest BCUT2D eigenvalue weighted by Crippen LogP contribution is -2.35. The quantitative estimate of drug-likeness (QED) is 0.752. The van der Waals surface area contributed by atoms with Gasteiger partial charge in [-0.25, -0.2) is 4.39 Å². The Morgan fingerprint density at radius 3 is 2.27 bits per heavy atom. The van der Waals surface area contributed by atoms with E-state index in [1.54, 1.807) is 6.92 Å². The molecule has 1 fully saturated rings. The van der Waals surface area contributed by atoms with Crippen LogP contribution in [0.5, 0.6) is 0 Å². The number of hydrogen-bond acceptors (Lipinski definition) is 1. The molecule has 2 N–H and O–H groups in total. The summed E-state index contributed by atoms with van der Waals surface area (Å²) in [6.07, 6.45) is 4.05. The van der Waals surface area contributed by atoms with Crippen molar-refractivity contribution in [1.82, 2.24) is 0 Å². The summed E-state index contributed by atoms with van der Waals surface area (Å²) in [7, 11) is 0. The van der Waals surface area contributed by atoms with Gasteiger partial charge in [0.1, 0.15) is 5.82 Å². The molecule has 0 radical (unpaired) electrons. The highest BCUT2D eigenvalue weighted by molar-refractivity contribution is 5.38. The number of benzene rings is 1. The van der Waals surface area contributed by atoms with Crippen molar-refractivity contribution in [3.63, 3.8) is 0 Å². The largest absolute Gasteiger partial charge is 0.321 e. The van der Waals surface area contributed by atoms with E-state index in [2.05, 4.69) is 0 Å². The highest BCUT2D eigenvalue weighted by Gasteiger charge is 2.35. The molecule has 15 heavy (non-hydrogen) atoms. The van der Waals surface area contributed by atoms with Gasteiger partial charge < -0.3 is 5.73 Å². The van der Waals surface area contributed by atoms with Crippen LogP contribution < -0.4 is 5.73 Å². The fraction of sp³-hybridized carbons (Fsp3) is 0.538. The molecule has 82 valence electrons. The number of halogens is 1. The first-order chi connectivity index (χ1) is 7.04. The third kappa shape index (κ3) is 1.67. The van der Waals surface area contributed by atoms with Crippen LogP contribution in [0.25, 0.3) is 0 Å². The molecule has 2 heteroatoms. The van der Waals surface area contributed by atoms with Gasteiger partial charge in [-0.05, 0) is 37.8 Å². The molecule has 2 rings (SSSR count). The van der Waals surface area contributed by atoms with Crippen LogP contribution in [0.15, 0.2) is 12.1 Å². The Kier molecular flexibility index (Phi) is 2.55. The summed E-state index contributed by atoms with van der Waals surface area (Å²) >= 11 is 0.